The molecule has 1 aliphatic rings. The van der Waals surface area contributed by atoms with E-state index in [-0.39, 0.29) is 5.91 Å². The number of anilines is 1. The van der Waals surface area contributed by atoms with Crippen molar-refractivity contribution in [3.05, 3.63) is 48.0 Å². The monoisotopic (exact) mass is 213 g/mol. The Bertz CT molecular complexity index is 531. The highest BCUT2D eigenvalue weighted by molar-refractivity contribution is 5.99. The highest BCUT2D eigenvalue weighted by Crippen LogP contribution is 2.24. The topological polar surface area (TPSA) is 46.9 Å². The third kappa shape index (κ3) is 1.58. The number of hydrogen-bond acceptors (Lipinski definition) is 2. The first-order valence-electron chi connectivity index (χ1n) is 5.19. The Balaban J connectivity index is 1.88. The van der Waals surface area contributed by atoms with Crippen molar-refractivity contribution in [2.45, 2.75) is 13.0 Å². The SMILES string of the molecule is O=C1Cc2cc(Cn3ccnc3)ccc2N1. The van der Waals surface area contributed by atoms with Crippen LogP contribution in [0.25, 0.3) is 0 Å². The molecule has 1 aliphatic heterocycles. The fourth-order valence-corrected chi connectivity index (χ4v) is 1.97. The van der Waals surface area contributed by atoms with E-state index in [2.05, 4.69) is 16.4 Å². The van der Waals surface area contributed by atoms with Gasteiger partial charge in [-0.3, -0.25) is 4.79 Å². The van der Waals surface area contributed by atoms with Gasteiger partial charge in [-0.25, -0.2) is 4.98 Å². The summed E-state index contributed by atoms with van der Waals surface area (Å²) in [6, 6.07) is 6.07. The fourth-order valence-electron chi connectivity index (χ4n) is 1.97. The van der Waals surface area contributed by atoms with Gasteiger partial charge < -0.3 is 9.88 Å². The van der Waals surface area contributed by atoms with Gasteiger partial charge in [0.25, 0.3) is 0 Å². The van der Waals surface area contributed by atoms with Crippen LogP contribution in [0.2, 0.25) is 0 Å². The maximum atomic E-state index is 11.2. The van der Waals surface area contributed by atoms with E-state index in [0.29, 0.717) is 6.42 Å². The Hall–Kier alpha value is -2.10. The molecule has 0 spiro atoms. The quantitative estimate of drug-likeness (QED) is 0.820. The zero-order chi connectivity index (χ0) is 11.0. The van der Waals surface area contributed by atoms with Gasteiger partial charge in [-0.15, -0.1) is 0 Å². The number of aromatic nitrogens is 2. The normalized spacial score (nSPS) is 13.6. The minimum absolute atomic E-state index is 0.0785. The maximum absolute atomic E-state index is 11.2. The molecule has 1 aromatic heterocycles. The van der Waals surface area contributed by atoms with Gasteiger partial charge >= 0.3 is 0 Å². The molecule has 2 aromatic rings. The first kappa shape index (κ1) is 9.15. The van der Waals surface area contributed by atoms with Crippen molar-refractivity contribution in [3.63, 3.8) is 0 Å². The third-order valence-electron chi connectivity index (χ3n) is 2.72. The van der Waals surface area contributed by atoms with Gasteiger partial charge in [-0.2, -0.15) is 0 Å². The van der Waals surface area contributed by atoms with Gasteiger partial charge in [0.2, 0.25) is 5.91 Å². The average molecular weight is 213 g/mol. The van der Waals surface area contributed by atoms with Crippen molar-refractivity contribution in [3.8, 4) is 0 Å². The van der Waals surface area contributed by atoms with E-state index < -0.39 is 0 Å². The number of carbonyl (C=O) groups excluding carboxylic acids is 1. The predicted molar refractivity (Wildman–Crippen MR) is 60.1 cm³/mol. The Morgan fingerprint density at radius 3 is 3.19 bits per heavy atom. The molecule has 0 bridgehead atoms. The van der Waals surface area contributed by atoms with Crippen LogP contribution in [0.1, 0.15) is 11.1 Å². The lowest BCUT2D eigenvalue weighted by Crippen LogP contribution is -2.03. The molecular formula is C12H11N3O. The number of rotatable bonds is 2. The highest BCUT2D eigenvalue weighted by Gasteiger charge is 2.17. The van der Waals surface area contributed by atoms with Crippen molar-refractivity contribution in [2.75, 3.05) is 5.32 Å². The summed E-state index contributed by atoms with van der Waals surface area (Å²) >= 11 is 0. The van der Waals surface area contributed by atoms with Gasteiger partial charge in [0.15, 0.2) is 0 Å². The van der Waals surface area contributed by atoms with Crippen molar-refractivity contribution >= 4 is 11.6 Å². The summed E-state index contributed by atoms with van der Waals surface area (Å²) in [5.74, 6) is 0.0785. The van der Waals surface area contributed by atoms with Crippen LogP contribution in [0, 0.1) is 0 Å². The van der Waals surface area contributed by atoms with Gasteiger partial charge in [0, 0.05) is 24.6 Å². The molecule has 0 radical (unpaired) electrons. The molecule has 0 unspecified atom stereocenters. The predicted octanol–water partition coefficient (Wildman–Crippen LogP) is 1.43. The first-order valence-corrected chi connectivity index (χ1v) is 5.19. The smallest absolute Gasteiger partial charge is 0.228 e. The molecule has 1 aromatic carbocycles. The Morgan fingerprint density at radius 2 is 2.38 bits per heavy atom. The van der Waals surface area contributed by atoms with Crippen molar-refractivity contribution in [1.82, 2.24) is 9.55 Å². The summed E-state index contributed by atoms with van der Waals surface area (Å²) in [4.78, 5) is 15.2. The van der Waals surface area contributed by atoms with Crippen molar-refractivity contribution in [2.24, 2.45) is 0 Å². The number of hydrogen-bond donors (Lipinski definition) is 1. The summed E-state index contributed by atoms with van der Waals surface area (Å²) in [7, 11) is 0. The van der Waals surface area contributed by atoms with Crippen LogP contribution in [0.15, 0.2) is 36.9 Å². The molecule has 1 amide bonds. The lowest BCUT2D eigenvalue weighted by molar-refractivity contribution is -0.115. The zero-order valence-corrected chi connectivity index (χ0v) is 8.68. The number of nitrogens with one attached hydrogen (secondary N) is 1. The fraction of sp³-hybridized carbons (Fsp3) is 0.167. The molecule has 0 saturated carbocycles. The zero-order valence-electron chi connectivity index (χ0n) is 8.68. The maximum Gasteiger partial charge on any atom is 0.228 e. The van der Waals surface area contributed by atoms with Crippen LogP contribution >= 0.6 is 0 Å². The Labute approximate surface area is 92.9 Å². The third-order valence-corrected chi connectivity index (χ3v) is 2.72. The molecule has 0 fully saturated rings. The summed E-state index contributed by atoms with van der Waals surface area (Å²) in [5.41, 5.74) is 3.22. The van der Waals surface area contributed by atoms with E-state index >= 15 is 0 Å². The van der Waals surface area contributed by atoms with Crippen LogP contribution < -0.4 is 5.32 Å². The van der Waals surface area contributed by atoms with E-state index in [0.717, 1.165) is 17.8 Å². The number of carbonyl (C=O) groups is 1. The Kier molecular flexibility index (Phi) is 1.99. The van der Waals surface area contributed by atoms with E-state index in [4.69, 9.17) is 0 Å². The van der Waals surface area contributed by atoms with Crippen molar-refractivity contribution in [1.29, 1.82) is 0 Å². The molecule has 0 saturated heterocycles. The number of benzene rings is 1. The van der Waals surface area contributed by atoms with E-state index in [1.54, 1.807) is 12.5 Å². The second-order valence-electron chi connectivity index (χ2n) is 3.95. The summed E-state index contributed by atoms with van der Waals surface area (Å²) < 4.78 is 2.01. The number of imidazole rings is 1. The van der Waals surface area contributed by atoms with Crippen LogP contribution in [0.4, 0.5) is 5.69 Å². The minimum Gasteiger partial charge on any atom is -0.333 e. The number of fused-ring (bicyclic) bond motifs is 1. The lowest BCUT2D eigenvalue weighted by Gasteiger charge is -2.04. The second-order valence-corrected chi connectivity index (χ2v) is 3.95. The molecule has 2 heterocycles. The summed E-state index contributed by atoms with van der Waals surface area (Å²) in [5, 5.41) is 2.83. The van der Waals surface area contributed by atoms with Gasteiger partial charge in [0.1, 0.15) is 0 Å². The van der Waals surface area contributed by atoms with Crippen LogP contribution in [-0.2, 0) is 17.8 Å². The van der Waals surface area contributed by atoms with Gasteiger partial charge in [0.05, 0.1) is 12.7 Å². The summed E-state index contributed by atoms with van der Waals surface area (Å²) in [6.45, 7) is 0.793. The van der Waals surface area contributed by atoms with Crippen molar-refractivity contribution < 1.29 is 4.79 Å². The molecule has 0 atom stereocenters. The van der Waals surface area contributed by atoms with Crippen LogP contribution in [0.3, 0.4) is 0 Å². The standard InChI is InChI=1S/C12H11N3O/c16-12-6-10-5-9(1-2-11(10)14-12)7-15-4-3-13-8-15/h1-5,8H,6-7H2,(H,14,16). The Morgan fingerprint density at radius 1 is 1.44 bits per heavy atom. The first-order chi connectivity index (χ1) is 7.81. The molecule has 3 rings (SSSR count). The number of nitrogens with zero attached hydrogens (tertiary/aromatic N) is 2. The largest absolute Gasteiger partial charge is 0.333 e. The molecule has 0 aliphatic carbocycles. The molecule has 4 nitrogen and oxygen atoms in total. The number of amides is 1. The molecule has 4 heteroatoms. The highest BCUT2D eigenvalue weighted by atomic mass is 16.1. The van der Waals surface area contributed by atoms with Crippen LogP contribution in [0.5, 0.6) is 0 Å². The second kappa shape index (κ2) is 3.48. The van der Waals surface area contributed by atoms with Crippen LogP contribution in [-0.4, -0.2) is 15.5 Å². The minimum atomic E-state index is 0.0785. The molecular weight excluding hydrogens is 202 g/mol. The summed E-state index contributed by atoms with van der Waals surface area (Å²) in [6.07, 6.45) is 5.97. The molecule has 1 N–H and O–H groups in total. The average Bonchev–Trinajstić information content (AvgIpc) is 2.85. The van der Waals surface area contributed by atoms with E-state index in [9.17, 15) is 4.79 Å². The van der Waals surface area contributed by atoms with Gasteiger partial charge in [-0.05, 0) is 17.2 Å². The lowest BCUT2D eigenvalue weighted by atomic mass is 10.1. The van der Waals surface area contributed by atoms with Gasteiger partial charge in [-0.1, -0.05) is 12.1 Å². The molecule has 80 valence electrons. The molecule has 16 heavy (non-hydrogen) atoms. The van der Waals surface area contributed by atoms with E-state index in [1.165, 1.54) is 5.56 Å². The van der Waals surface area contributed by atoms with E-state index in [1.807, 2.05) is 22.9 Å².